The summed E-state index contributed by atoms with van der Waals surface area (Å²) in [6.45, 7) is 0. The first-order chi connectivity index (χ1) is 9.79. The van der Waals surface area contributed by atoms with Gasteiger partial charge < -0.3 is 4.74 Å². The van der Waals surface area contributed by atoms with Gasteiger partial charge in [0, 0.05) is 12.5 Å². The van der Waals surface area contributed by atoms with Crippen molar-refractivity contribution in [2.45, 2.75) is 12.8 Å². The molecule has 0 saturated heterocycles. The van der Waals surface area contributed by atoms with Crippen molar-refractivity contribution in [2.24, 2.45) is 5.92 Å². The number of hydrogen-bond acceptors (Lipinski definition) is 3. The van der Waals surface area contributed by atoms with Crippen LogP contribution in [0.5, 0.6) is 0 Å². The van der Waals surface area contributed by atoms with Gasteiger partial charge in [-0.3, -0.25) is 4.79 Å². The first kappa shape index (κ1) is 13.8. The van der Waals surface area contributed by atoms with Crippen molar-refractivity contribution in [2.75, 3.05) is 0 Å². The summed E-state index contributed by atoms with van der Waals surface area (Å²) in [7, 11) is 0. The van der Waals surface area contributed by atoms with Crippen LogP contribution in [0.2, 0.25) is 0 Å². The Kier molecular flexibility index (Phi) is 4.91. The van der Waals surface area contributed by atoms with Crippen LogP contribution in [-0.2, 0) is 9.53 Å². The Morgan fingerprint density at radius 1 is 1.30 bits per heavy atom. The third kappa shape index (κ3) is 3.96. The molecule has 1 aromatic rings. The Morgan fingerprint density at radius 3 is 2.65 bits per heavy atom. The van der Waals surface area contributed by atoms with Gasteiger partial charge in [0.25, 0.3) is 0 Å². The Balaban J connectivity index is 2.07. The smallest absolute Gasteiger partial charge is 0.321 e. The summed E-state index contributed by atoms with van der Waals surface area (Å²) >= 11 is 0. The minimum atomic E-state index is -0.545. The van der Waals surface area contributed by atoms with Crippen molar-refractivity contribution in [3.63, 3.8) is 0 Å². The van der Waals surface area contributed by atoms with Crippen LogP contribution in [-0.4, -0.2) is 5.97 Å². The number of hydrogen-bond donors (Lipinski definition) is 0. The molecule has 20 heavy (non-hydrogen) atoms. The lowest BCUT2D eigenvalue weighted by Crippen LogP contribution is -2.15. The molecule has 0 saturated carbocycles. The van der Waals surface area contributed by atoms with Crippen molar-refractivity contribution < 1.29 is 9.53 Å². The second kappa shape index (κ2) is 7.10. The fraction of sp³-hybridized carbons (Fsp3) is 0.176. The van der Waals surface area contributed by atoms with Crippen molar-refractivity contribution in [1.82, 2.24) is 0 Å². The van der Waals surface area contributed by atoms with E-state index in [9.17, 15) is 4.79 Å². The standard InChI is InChI=1S/C17H15NO2/c18-13-5-8-15(17(19)20-16-9-4-10-16)12-11-14-6-2-1-3-7-14/h1-3,5-9,11-12,15H,4,10H2. The maximum atomic E-state index is 12.0. The largest absolute Gasteiger partial charge is 0.431 e. The van der Waals surface area contributed by atoms with E-state index in [0.29, 0.717) is 0 Å². The van der Waals surface area contributed by atoms with E-state index in [2.05, 4.69) is 0 Å². The molecule has 0 aromatic heterocycles. The summed E-state index contributed by atoms with van der Waals surface area (Å²) in [4.78, 5) is 12.0. The third-order valence-electron chi connectivity index (χ3n) is 2.94. The minimum Gasteiger partial charge on any atom is -0.431 e. The van der Waals surface area contributed by atoms with Gasteiger partial charge in [-0.1, -0.05) is 48.6 Å². The molecule has 1 aliphatic carbocycles. The van der Waals surface area contributed by atoms with Crippen LogP contribution in [0, 0.1) is 17.2 Å². The number of rotatable bonds is 5. The van der Waals surface area contributed by atoms with Crippen molar-refractivity contribution in [1.29, 1.82) is 5.26 Å². The number of carbonyl (C=O) groups excluding carboxylic acids is 1. The number of allylic oxidation sites excluding steroid dienone is 3. The van der Waals surface area contributed by atoms with Gasteiger partial charge in [0.05, 0.1) is 12.0 Å². The molecule has 3 nitrogen and oxygen atoms in total. The van der Waals surface area contributed by atoms with E-state index in [-0.39, 0.29) is 5.97 Å². The van der Waals surface area contributed by atoms with Crippen LogP contribution in [0.1, 0.15) is 18.4 Å². The Morgan fingerprint density at radius 2 is 2.05 bits per heavy atom. The van der Waals surface area contributed by atoms with E-state index in [0.717, 1.165) is 24.2 Å². The monoisotopic (exact) mass is 265 g/mol. The topological polar surface area (TPSA) is 50.1 Å². The molecule has 100 valence electrons. The highest BCUT2D eigenvalue weighted by Crippen LogP contribution is 2.21. The summed E-state index contributed by atoms with van der Waals surface area (Å²) in [5.41, 5.74) is 0.999. The number of carbonyl (C=O) groups is 1. The molecule has 0 fully saturated rings. The molecule has 3 heteroatoms. The van der Waals surface area contributed by atoms with Crippen LogP contribution in [0.25, 0.3) is 6.08 Å². The average Bonchev–Trinajstić information content (AvgIpc) is 2.44. The summed E-state index contributed by atoms with van der Waals surface area (Å²) < 4.78 is 5.24. The molecular formula is C17H15NO2. The summed E-state index contributed by atoms with van der Waals surface area (Å²) in [5, 5.41) is 8.60. The fourth-order valence-corrected chi connectivity index (χ4v) is 1.70. The zero-order valence-corrected chi connectivity index (χ0v) is 11.0. The van der Waals surface area contributed by atoms with Gasteiger partial charge in [-0.25, -0.2) is 0 Å². The average molecular weight is 265 g/mol. The lowest BCUT2D eigenvalue weighted by atomic mass is 10.1. The van der Waals surface area contributed by atoms with Crippen molar-refractivity contribution in [3.05, 3.63) is 66.0 Å². The number of ether oxygens (including phenoxy) is 1. The van der Waals surface area contributed by atoms with E-state index in [1.165, 1.54) is 6.08 Å². The SMILES string of the molecule is N#CC=CC(C=Cc1ccccc1)C(=O)OC1=CCC1. The summed E-state index contributed by atoms with van der Waals surface area (Å²) in [6, 6.07) is 11.6. The molecule has 0 aliphatic heterocycles. The van der Waals surface area contributed by atoms with Gasteiger partial charge in [0.15, 0.2) is 0 Å². The van der Waals surface area contributed by atoms with Crippen LogP contribution in [0.4, 0.5) is 0 Å². The fourth-order valence-electron chi connectivity index (χ4n) is 1.70. The van der Waals surface area contributed by atoms with E-state index in [4.69, 9.17) is 10.00 Å². The molecule has 2 rings (SSSR count). The van der Waals surface area contributed by atoms with E-state index in [1.807, 2.05) is 48.6 Å². The molecule has 1 aromatic carbocycles. The highest BCUT2D eigenvalue weighted by molar-refractivity contribution is 5.79. The highest BCUT2D eigenvalue weighted by Gasteiger charge is 2.18. The molecule has 0 bridgehead atoms. The minimum absolute atomic E-state index is 0.352. The van der Waals surface area contributed by atoms with E-state index in [1.54, 1.807) is 12.2 Å². The Bertz CT molecular complexity index is 591. The summed E-state index contributed by atoms with van der Waals surface area (Å²) in [5.74, 6) is -0.176. The van der Waals surface area contributed by atoms with Gasteiger partial charge in [-0.05, 0) is 18.1 Å². The molecule has 1 aliphatic rings. The van der Waals surface area contributed by atoms with Gasteiger partial charge in [0.1, 0.15) is 5.76 Å². The third-order valence-corrected chi connectivity index (χ3v) is 2.94. The lowest BCUT2D eigenvalue weighted by molar-refractivity contribution is -0.141. The van der Waals surface area contributed by atoms with Crippen LogP contribution < -0.4 is 0 Å². The molecule has 0 spiro atoms. The quantitative estimate of drug-likeness (QED) is 0.603. The maximum absolute atomic E-state index is 12.0. The maximum Gasteiger partial charge on any atom is 0.321 e. The van der Waals surface area contributed by atoms with Gasteiger partial charge in [-0.15, -0.1) is 0 Å². The normalized spacial score (nSPS) is 15.4. The molecule has 1 atom stereocenters. The molecule has 0 radical (unpaired) electrons. The van der Waals surface area contributed by atoms with E-state index >= 15 is 0 Å². The predicted molar refractivity (Wildman–Crippen MR) is 77.1 cm³/mol. The Labute approximate surface area is 118 Å². The Hall–Kier alpha value is -2.60. The van der Waals surface area contributed by atoms with Crippen LogP contribution in [0.15, 0.2) is 60.4 Å². The summed E-state index contributed by atoms with van der Waals surface area (Å²) in [6.07, 6.45) is 10.1. The van der Waals surface area contributed by atoms with Crippen molar-refractivity contribution >= 4 is 12.0 Å². The van der Waals surface area contributed by atoms with Crippen LogP contribution >= 0.6 is 0 Å². The predicted octanol–water partition coefficient (Wildman–Crippen LogP) is 3.62. The van der Waals surface area contributed by atoms with Gasteiger partial charge >= 0.3 is 5.97 Å². The van der Waals surface area contributed by atoms with Gasteiger partial charge in [-0.2, -0.15) is 5.26 Å². The zero-order chi connectivity index (χ0) is 14.2. The number of esters is 1. The lowest BCUT2D eigenvalue weighted by Gasteiger charge is -2.16. The number of nitriles is 1. The second-order valence-electron chi connectivity index (χ2n) is 4.41. The first-order valence-corrected chi connectivity index (χ1v) is 6.50. The molecule has 0 N–H and O–H groups in total. The highest BCUT2D eigenvalue weighted by atomic mass is 16.5. The van der Waals surface area contributed by atoms with Gasteiger partial charge in [0.2, 0.25) is 0 Å². The molecule has 1 unspecified atom stereocenters. The molecule has 0 amide bonds. The first-order valence-electron chi connectivity index (χ1n) is 6.50. The van der Waals surface area contributed by atoms with Crippen molar-refractivity contribution in [3.8, 4) is 6.07 Å². The molecular weight excluding hydrogens is 250 g/mol. The molecule has 0 heterocycles. The second-order valence-corrected chi connectivity index (χ2v) is 4.41. The zero-order valence-electron chi connectivity index (χ0n) is 11.0. The number of benzene rings is 1. The van der Waals surface area contributed by atoms with E-state index < -0.39 is 5.92 Å². The van der Waals surface area contributed by atoms with Crippen LogP contribution in [0.3, 0.4) is 0 Å². The number of nitrogens with zero attached hydrogens (tertiary/aromatic N) is 1.